The first-order chi connectivity index (χ1) is 15.2. The molecule has 1 aliphatic rings. The Kier molecular flexibility index (Phi) is 6.47. The number of nitrogens with one attached hydrogen (secondary N) is 1. The maximum Gasteiger partial charge on any atom is 0.310 e. The summed E-state index contributed by atoms with van der Waals surface area (Å²) < 4.78 is 16.5. The molecule has 0 aromatic heterocycles. The lowest BCUT2D eigenvalue weighted by Gasteiger charge is -2.26. The van der Waals surface area contributed by atoms with E-state index in [0.29, 0.717) is 18.1 Å². The van der Waals surface area contributed by atoms with Crippen molar-refractivity contribution in [1.82, 2.24) is 5.32 Å². The number of rotatable bonds is 7. The fourth-order valence-electron chi connectivity index (χ4n) is 3.25. The number of hydrogen-bond donors (Lipinski definition) is 1. The van der Waals surface area contributed by atoms with Gasteiger partial charge in [0.05, 0.1) is 13.0 Å². The molecule has 0 radical (unpaired) electrons. The second-order valence-electron chi connectivity index (χ2n) is 7.20. The Bertz CT molecular complexity index is 1030. The Labute approximate surface area is 180 Å². The molecule has 0 aliphatic carbocycles. The summed E-state index contributed by atoms with van der Waals surface area (Å²) in [5.41, 5.74) is 3.02. The van der Waals surface area contributed by atoms with Crippen molar-refractivity contribution in [3.63, 3.8) is 0 Å². The fourth-order valence-corrected chi connectivity index (χ4v) is 3.25. The van der Waals surface area contributed by atoms with Gasteiger partial charge in [-0.3, -0.25) is 9.59 Å². The summed E-state index contributed by atoms with van der Waals surface area (Å²) >= 11 is 0. The first-order valence-corrected chi connectivity index (χ1v) is 10.1. The average molecular weight is 417 g/mol. The molecule has 1 heterocycles. The Morgan fingerprint density at radius 3 is 2.32 bits per heavy atom. The van der Waals surface area contributed by atoms with E-state index < -0.39 is 5.97 Å². The highest BCUT2D eigenvalue weighted by molar-refractivity contribution is 5.81. The fraction of sp³-hybridized carbons (Fsp3) is 0.200. The number of fused-ring (bicyclic) bond motifs is 1. The minimum absolute atomic E-state index is 0.110. The van der Waals surface area contributed by atoms with Crippen molar-refractivity contribution in [1.29, 1.82) is 0 Å². The van der Waals surface area contributed by atoms with Gasteiger partial charge in [0, 0.05) is 0 Å². The van der Waals surface area contributed by atoms with Crippen molar-refractivity contribution < 1.29 is 23.8 Å². The molecule has 0 bridgehead atoms. The average Bonchev–Trinajstić information content (AvgIpc) is 2.82. The van der Waals surface area contributed by atoms with E-state index in [2.05, 4.69) is 5.32 Å². The van der Waals surface area contributed by atoms with E-state index in [9.17, 15) is 9.59 Å². The SMILES string of the molecule is O=C(COC(=O)Cc1ccc(-c2ccccc2)cc1)NC[C@H]1COc2ccccc2O1. The summed E-state index contributed by atoms with van der Waals surface area (Å²) in [4.78, 5) is 24.1. The molecule has 1 atom stereocenters. The molecule has 0 fully saturated rings. The standard InChI is InChI=1S/C25H23NO5/c27-24(26-15-21-16-29-22-8-4-5-9-23(22)31-21)17-30-25(28)14-18-10-12-20(13-11-18)19-6-2-1-3-7-19/h1-13,21H,14-17H2,(H,26,27)/t21-/m0/s1. The molecule has 6 nitrogen and oxygen atoms in total. The first-order valence-electron chi connectivity index (χ1n) is 10.1. The number of benzene rings is 3. The molecule has 6 heteroatoms. The van der Waals surface area contributed by atoms with Crippen LogP contribution in [0.25, 0.3) is 11.1 Å². The number of esters is 1. The zero-order valence-electron chi connectivity index (χ0n) is 17.0. The highest BCUT2D eigenvalue weighted by Crippen LogP contribution is 2.30. The third-order valence-corrected chi connectivity index (χ3v) is 4.87. The van der Waals surface area contributed by atoms with Crippen molar-refractivity contribution >= 4 is 11.9 Å². The third-order valence-electron chi connectivity index (χ3n) is 4.87. The van der Waals surface area contributed by atoms with Gasteiger partial charge in [-0.15, -0.1) is 0 Å². The van der Waals surface area contributed by atoms with Gasteiger partial charge < -0.3 is 19.5 Å². The van der Waals surface area contributed by atoms with Gasteiger partial charge in [-0.05, 0) is 28.8 Å². The maximum absolute atomic E-state index is 12.1. The molecular formula is C25H23NO5. The highest BCUT2D eigenvalue weighted by Gasteiger charge is 2.21. The number of para-hydroxylation sites is 2. The van der Waals surface area contributed by atoms with E-state index in [0.717, 1.165) is 16.7 Å². The zero-order chi connectivity index (χ0) is 21.5. The van der Waals surface area contributed by atoms with Crippen LogP contribution in [0.2, 0.25) is 0 Å². The van der Waals surface area contributed by atoms with Crippen molar-refractivity contribution in [2.75, 3.05) is 19.8 Å². The molecular weight excluding hydrogens is 394 g/mol. The first kappa shape index (κ1) is 20.5. The number of carbonyl (C=O) groups excluding carboxylic acids is 2. The summed E-state index contributed by atoms with van der Waals surface area (Å²) in [5, 5.41) is 2.71. The van der Waals surface area contributed by atoms with Gasteiger partial charge >= 0.3 is 5.97 Å². The Morgan fingerprint density at radius 1 is 0.871 bits per heavy atom. The lowest BCUT2D eigenvalue weighted by molar-refractivity contribution is -0.148. The normalized spacial score (nSPS) is 14.5. The van der Waals surface area contributed by atoms with Crippen LogP contribution in [0.15, 0.2) is 78.9 Å². The van der Waals surface area contributed by atoms with Gasteiger partial charge in [-0.2, -0.15) is 0 Å². The van der Waals surface area contributed by atoms with Gasteiger partial charge in [-0.1, -0.05) is 66.7 Å². The quantitative estimate of drug-likeness (QED) is 0.597. The molecule has 0 unspecified atom stereocenters. The number of amides is 1. The highest BCUT2D eigenvalue weighted by atomic mass is 16.6. The van der Waals surface area contributed by atoms with Crippen molar-refractivity contribution in [3.8, 4) is 22.6 Å². The van der Waals surface area contributed by atoms with Crippen LogP contribution in [-0.2, 0) is 20.7 Å². The van der Waals surface area contributed by atoms with Crippen LogP contribution in [0.4, 0.5) is 0 Å². The zero-order valence-corrected chi connectivity index (χ0v) is 17.0. The van der Waals surface area contributed by atoms with E-state index in [1.165, 1.54) is 0 Å². The van der Waals surface area contributed by atoms with Crippen LogP contribution in [0.3, 0.4) is 0 Å². The largest absolute Gasteiger partial charge is 0.486 e. The summed E-state index contributed by atoms with van der Waals surface area (Å²) in [6, 6.07) is 25.1. The van der Waals surface area contributed by atoms with Crippen LogP contribution in [0.1, 0.15) is 5.56 Å². The van der Waals surface area contributed by atoms with Crippen molar-refractivity contribution in [2.45, 2.75) is 12.5 Å². The Hall–Kier alpha value is -3.80. The van der Waals surface area contributed by atoms with Crippen LogP contribution < -0.4 is 14.8 Å². The molecule has 158 valence electrons. The van der Waals surface area contributed by atoms with Crippen molar-refractivity contribution in [2.24, 2.45) is 0 Å². The van der Waals surface area contributed by atoms with Crippen molar-refractivity contribution in [3.05, 3.63) is 84.4 Å². The summed E-state index contributed by atoms with van der Waals surface area (Å²) in [6.07, 6.45) is -0.184. The Morgan fingerprint density at radius 2 is 1.55 bits per heavy atom. The van der Waals surface area contributed by atoms with Crippen LogP contribution in [0.5, 0.6) is 11.5 Å². The number of ether oxygens (including phenoxy) is 3. The van der Waals surface area contributed by atoms with Gasteiger partial charge in [0.25, 0.3) is 5.91 Å². The lowest BCUT2D eigenvalue weighted by atomic mass is 10.0. The van der Waals surface area contributed by atoms with Gasteiger partial charge in [0.1, 0.15) is 12.7 Å². The van der Waals surface area contributed by atoms with Gasteiger partial charge in [0.2, 0.25) is 0 Å². The molecule has 31 heavy (non-hydrogen) atoms. The topological polar surface area (TPSA) is 73.9 Å². The Balaban J connectivity index is 1.18. The molecule has 1 N–H and O–H groups in total. The van der Waals surface area contributed by atoms with E-state index in [4.69, 9.17) is 14.2 Å². The van der Waals surface area contributed by atoms with Crippen LogP contribution >= 0.6 is 0 Å². The minimum Gasteiger partial charge on any atom is -0.486 e. The lowest BCUT2D eigenvalue weighted by Crippen LogP contribution is -2.42. The third kappa shape index (κ3) is 5.63. The molecule has 4 rings (SSSR count). The molecule has 3 aromatic rings. The summed E-state index contributed by atoms with van der Waals surface area (Å²) in [6.45, 7) is 0.285. The molecule has 0 saturated carbocycles. The van der Waals surface area contributed by atoms with E-state index in [1.807, 2.05) is 78.9 Å². The molecule has 3 aromatic carbocycles. The maximum atomic E-state index is 12.1. The molecule has 1 aliphatic heterocycles. The summed E-state index contributed by atoms with van der Waals surface area (Å²) in [7, 11) is 0. The predicted octanol–water partition coefficient (Wildman–Crippen LogP) is 3.40. The summed E-state index contributed by atoms with van der Waals surface area (Å²) in [5.74, 6) is 0.512. The minimum atomic E-state index is -0.450. The van der Waals surface area contributed by atoms with Crippen LogP contribution in [-0.4, -0.2) is 37.7 Å². The van der Waals surface area contributed by atoms with Gasteiger partial charge in [-0.25, -0.2) is 0 Å². The van der Waals surface area contributed by atoms with E-state index >= 15 is 0 Å². The van der Waals surface area contributed by atoms with E-state index in [1.54, 1.807) is 0 Å². The number of carbonyl (C=O) groups is 2. The molecule has 0 spiro atoms. The monoisotopic (exact) mass is 417 g/mol. The second-order valence-corrected chi connectivity index (χ2v) is 7.20. The predicted molar refractivity (Wildman–Crippen MR) is 116 cm³/mol. The van der Waals surface area contributed by atoms with Gasteiger partial charge in [0.15, 0.2) is 18.1 Å². The number of hydrogen-bond acceptors (Lipinski definition) is 5. The van der Waals surface area contributed by atoms with Crippen LogP contribution in [0, 0.1) is 0 Å². The molecule has 0 saturated heterocycles. The second kappa shape index (κ2) is 9.80. The molecule has 1 amide bonds. The smallest absolute Gasteiger partial charge is 0.310 e. The van der Waals surface area contributed by atoms with E-state index in [-0.39, 0.29) is 31.6 Å².